The summed E-state index contributed by atoms with van der Waals surface area (Å²) in [5.41, 5.74) is 0.278. The molecule has 2 heteroatoms. The Hall–Kier alpha value is -1.36. The number of ketones is 1. The molecule has 0 spiro atoms. The maximum Gasteiger partial charge on any atom is 0.160 e. The van der Waals surface area contributed by atoms with Gasteiger partial charge < -0.3 is 0 Å². The number of rotatable bonds is 3. The van der Waals surface area contributed by atoms with E-state index in [1.165, 1.54) is 6.08 Å². The van der Waals surface area contributed by atoms with E-state index in [0.717, 1.165) is 0 Å². The fourth-order valence-corrected chi connectivity index (χ4v) is 0.322. The molecule has 0 bridgehead atoms. The first-order valence-corrected chi connectivity index (χ1v) is 2.44. The van der Waals surface area contributed by atoms with Crippen molar-refractivity contribution in [2.75, 3.05) is 0 Å². The largest absolute Gasteiger partial charge is 0.294 e. The van der Waals surface area contributed by atoms with Gasteiger partial charge in [0, 0.05) is 12.0 Å². The monoisotopic (exact) mass is 121 g/mol. The molecule has 0 radical (unpaired) electrons. The normalized spacial score (nSPS) is 7.44. The second kappa shape index (κ2) is 3.62. The highest BCUT2D eigenvalue weighted by molar-refractivity contribution is 5.91. The smallest absolute Gasteiger partial charge is 0.160 e. The Balaban J connectivity index is 3.77. The molecule has 0 atom stereocenters. The average molecular weight is 121 g/mol. The first-order chi connectivity index (χ1) is 4.20. The van der Waals surface area contributed by atoms with E-state index in [9.17, 15) is 4.79 Å². The molecule has 0 aliphatic carbocycles. The van der Waals surface area contributed by atoms with Crippen LogP contribution in [0.15, 0.2) is 24.8 Å². The van der Waals surface area contributed by atoms with E-state index in [-0.39, 0.29) is 17.8 Å². The van der Waals surface area contributed by atoms with E-state index < -0.39 is 0 Å². The average Bonchev–Trinajstić information content (AvgIpc) is 1.87. The summed E-state index contributed by atoms with van der Waals surface area (Å²) in [5, 5.41) is 8.14. The molecule has 0 saturated heterocycles. The molecule has 0 fully saturated rings. The van der Waals surface area contributed by atoms with Gasteiger partial charge in [0.2, 0.25) is 0 Å². The molecule has 0 amide bonds. The summed E-state index contributed by atoms with van der Waals surface area (Å²) >= 11 is 0. The Labute approximate surface area is 54.1 Å². The van der Waals surface area contributed by atoms with Crippen LogP contribution in [0.25, 0.3) is 0 Å². The minimum Gasteiger partial charge on any atom is -0.294 e. The molecule has 0 aromatic carbocycles. The molecule has 9 heavy (non-hydrogen) atoms. The molecule has 0 N–H and O–H groups in total. The predicted octanol–water partition coefficient (Wildman–Crippen LogP) is 1.21. The minimum atomic E-state index is -0.165. The zero-order chi connectivity index (χ0) is 7.28. The molecule has 0 aromatic heterocycles. The number of allylic oxidation sites excluding steroid dienone is 2. The summed E-state index contributed by atoms with van der Waals surface area (Å²) in [5.74, 6) is -0.165. The summed E-state index contributed by atoms with van der Waals surface area (Å²) < 4.78 is 0. The molecule has 0 unspecified atom stereocenters. The predicted molar refractivity (Wildman–Crippen MR) is 34.6 cm³/mol. The number of nitrogens with zero attached hydrogens (tertiary/aromatic N) is 1. The van der Waals surface area contributed by atoms with E-state index in [4.69, 9.17) is 5.26 Å². The molecule has 0 saturated carbocycles. The molecule has 0 heterocycles. The SMILES string of the molecule is C=CC(=O)CC(=C)C#N. The van der Waals surface area contributed by atoms with Crippen molar-refractivity contribution in [2.24, 2.45) is 0 Å². The van der Waals surface area contributed by atoms with Crippen molar-refractivity contribution in [1.29, 1.82) is 5.26 Å². The second-order valence-corrected chi connectivity index (χ2v) is 1.56. The molecule has 2 nitrogen and oxygen atoms in total. The summed E-state index contributed by atoms with van der Waals surface area (Å²) in [6.45, 7) is 6.58. The fourth-order valence-electron chi connectivity index (χ4n) is 0.322. The lowest BCUT2D eigenvalue weighted by atomic mass is 10.2. The lowest BCUT2D eigenvalue weighted by molar-refractivity contribution is -0.113. The first-order valence-electron chi connectivity index (χ1n) is 2.44. The number of hydrogen-bond acceptors (Lipinski definition) is 2. The van der Waals surface area contributed by atoms with Gasteiger partial charge in [0.25, 0.3) is 0 Å². The van der Waals surface area contributed by atoms with Crippen molar-refractivity contribution in [3.05, 3.63) is 24.8 Å². The highest BCUT2D eigenvalue weighted by atomic mass is 16.1. The van der Waals surface area contributed by atoms with E-state index >= 15 is 0 Å². The van der Waals surface area contributed by atoms with Crippen LogP contribution >= 0.6 is 0 Å². The molecular formula is C7H7NO. The third kappa shape index (κ3) is 3.24. The minimum absolute atomic E-state index is 0.0972. The third-order valence-corrected chi connectivity index (χ3v) is 0.773. The van der Waals surface area contributed by atoms with Crippen LogP contribution in [0.2, 0.25) is 0 Å². The van der Waals surface area contributed by atoms with Crippen LogP contribution in [0, 0.1) is 11.3 Å². The lowest BCUT2D eigenvalue weighted by Crippen LogP contribution is -1.91. The van der Waals surface area contributed by atoms with Gasteiger partial charge in [0.1, 0.15) is 0 Å². The van der Waals surface area contributed by atoms with Gasteiger partial charge in [-0.1, -0.05) is 13.2 Å². The second-order valence-electron chi connectivity index (χ2n) is 1.56. The molecule has 46 valence electrons. The first kappa shape index (κ1) is 7.64. The van der Waals surface area contributed by atoms with Gasteiger partial charge in [0.05, 0.1) is 6.07 Å². The lowest BCUT2D eigenvalue weighted by Gasteiger charge is -1.86. The Bertz CT molecular complexity index is 186. The van der Waals surface area contributed by atoms with Crippen LogP contribution in [0.4, 0.5) is 0 Å². The van der Waals surface area contributed by atoms with Gasteiger partial charge in [-0.25, -0.2) is 0 Å². The quantitative estimate of drug-likeness (QED) is 0.416. The number of carbonyl (C=O) groups excluding carboxylic acids is 1. The Morgan fingerprint density at radius 2 is 2.33 bits per heavy atom. The Morgan fingerprint density at radius 1 is 1.78 bits per heavy atom. The molecular weight excluding hydrogens is 114 g/mol. The zero-order valence-electron chi connectivity index (χ0n) is 5.05. The van der Waals surface area contributed by atoms with E-state index in [2.05, 4.69) is 13.2 Å². The van der Waals surface area contributed by atoms with Crippen molar-refractivity contribution in [1.82, 2.24) is 0 Å². The van der Waals surface area contributed by atoms with Crippen LogP contribution in [0.5, 0.6) is 0 Å². The molecule has 0 aromatic rings. The summed E-state index contributed by atoms with van der Waals surface area (Å²) in [6, 6.07) is 1.77. The van der Waals surface area contributed by atoms with Gasteiger partial charge >= 0.3 is 0 Å². The van der Waals surface area contributed by atoms with E-state index in [1.807, 2.05) is 0 Å². The van der Waals surface area contributed by atoms with Crippen molar-refractivity contribution in [3.8, 4) is 6.07 Å². The van der Waals surface area contributed by atoms with Crippen molar-refractivity contribution >= 4 is 5.78 Å². The van der Waals surface area contributed by atoms with Gasteiger partial charge in [-0.15, -0.1) is 0 Å². The maximum atomic E-state index is 10.5. The molecule has 0 rings (SSSR count). The summed E-state index contributed by atoms with van der Waals surface area (Å²) in [4.78, 5) is 10.5. The highest BCUT2D eigenvalue weighted by Crippen LogP contribution is 1.95. The van der Waals surface area contributed by atoms with Gasteiger partial charge in [-0.2, -0.15) is 5.26 Å². The van der Waals surface area contributed by atoms with Crippen LogP contribution < -0.4 is 0 Å². The van der Waals surface area contributed by atoms with Crippen LogP contribution in [-0.2, 0) is 4.79 Å². The fraction of sp³-hybridized carbons (Fsp3) is 0.143. The van der Waals surface area contributed by atoms with Crippen LogP contribution in [0.1, 0.15) is 6.42 Å². The maximum absolute atomic E-state index is 10.5. The number of carbonyl (C=O) groups is 1. The topological polar surface area (TPSA) is 40.9 Å². The number of hydrogen-bond donors (Lipinski definition) is 0. The zero-order valence-corrected chi connectivity index (χ0v) is 5.05. The van der Waals surface area contributed by atoms with Crippen LogP contribution in [0.3, 0.4) is 0 Å². The Morgan fingerprint density at radius 3 is 2.67 bits per heavy atom. The standard InChI is InChI=1S/C7H7NO/c1-3-7(9)4-6(2)5-8/h3H,1-2,4H2. The molecule has 0 aliphatic rings. The summed E-state index contributed by atoms with van der Waals surface area (Å²) in [6.07, 6.45) is 1.28. The van der Waals surface area contributed by atoms with Gasteiger partial charge in [-0.05, 0) is 6.08 Å². The Kier molecular flexibility index (Phi) is 3.07. The molecule has 0 aliphatic heterocycles. The summed E-state index contributed by atoms with van der Waals surface area (Å²) in [7, 11) is 0. The van der Waals surface area contributed by atoms with E-state index in [0.29, 0.717) is 0 Å². The third-order valence-electron chi connectivity index (χ3n) is 0.773. The number of nitriles is 1. The van der Waals surface area contributed by atoms with Crippen molar-refractivity contribution in [3.63, 3.8) is 0 Å². The highest BCUT2D eigenvalue weighted by Gasteiger charge is 1.96. The van der Waals surface area contributed by atoms with Crippen molar-refractivity contribution in [2.45, 2.75) is 6.42 Å². The van der Waals surface area contributed by atoms with Gasteiger partial charge in [-0.3, -0.25) is 4.79 Å². The van der Waals surface area contributed by atoms with Crippen molar-refractivity contribution < 1.29 is 4.79 Å². The van der Waals surface area contributed by atoms with Crippen LogP contribution in [-0.4, -0.2) is 5.78 Å². The van der Waals surface area contributed by atoms with Gasteiger partial charge in [0.15, 0.2) is 5.78 Å². The van der Waals surface area contributed by atoms with E-state index in [1.54, 1.807) is 6.07 Å².